The molecule has 1 aromatic rings. The number of carbonyl (C=O) groups is 2. The molecule has 20 heavy (non-hydrogen) atoms. The van der Waals surface area contributed by atoms with Crippen LogP contribution in [0.4, 0.5) is 0 Å². The molecule has 110 valence electrons. The van der Waals surface area contributed by atoms with Gasteiger partial charge in [-0.3, -0.25) is 14.4 Å². The van der Waals surface area contributed by atoms with E-state index in [4.69, 9.17) is 4.74 Å². The minimum atomic E-state index is -0.417. The molecule has 6 heteroatoms. The number of nitrogens with zero attached hydrogens (tertiary/aromatic N) is 2. The molecule has 0 fully saturated rings. The highest BCUT2D eigenvalue weighted by Crippen LogP contribution is 1.98. The standard InChI is InChI=1S/C14H20N2O4/c1-3-15(11-14(19)20-4-2)13(18)8-10-16-9-6-5-7-12(16)17/h5-7,9H,3-4,8,10-11H2,1-2H3. The van der Waals surface area contributed by atoms with E-state index in [2.05, 4.69) is 0 Å². The summed E-state index contributed by atoms with van der Waals surface area (Å²) in [5.41, 5.74) is -0.145. The van der Waals surface area contributed by atoms with Crippen molar-refractivity contribution in [1.82, 2.24) is 9.47 Å². The molecule has 1 amide bonds. The molecule has 0 saturated carbocycles. The molecule has 0 saturated heterocycles. The molecule has 6 nitrogen and oxygen atoms in total. The third kappa shape index (κ3) is 4.87. The third-order valence-corrected chi connectivity index (χ3v) is 2.83. The molecule has 0 atom stereocenters. The van der Waals surface area contributed by atoms with Crippen LogP contribution in [0.1, 0.15) is 20.3 Å². The number of likely N-dealkylation sites (N-methyl/N-ethyl adjacent to an activating group) is 1. The zero-order valence-corrected chi connectivity index (χ0v) is 11.9. The number of rotatable bonds is 7. The van der Waals surface area contributed by atoms with Gasteiger partial charge in [-0.25, -0.2) is 0 Å². The maximum atomic E-state index is 12.0. The summed E-state index contributed by atoms with van der Waals surface area (Å²) < 4.78 is 6.29. The van der Waals surface area contributed by atoms with Crippen molar-refractivity contribution < 1.29 is 14.3 Å². The molecular formula is C14H20N2O4. The van der Waals surface area contributed by atoms with Gasteiger partial charge in [-0.05, 0) is 19.9 Å². The molecule has 0 aliphatic heterocycles. The van der Waals surface area contributed by atoms with Crippen LogP contribution in [0.5, 0.6) is 0 Å². The Morgan fingerprint density at radius 3 is 2.65 bits per heavy atom. The number of aryl methyl sites for hydroxylation is 1. The molecule has 0 radical (unpaired) electrons. The molecule has 0 spiro atoms. The Labute approximate surface area is 118 Å². The van der Waals surface area contributed by atoms with Crippen molar-refractivity contribution >= 4 is 11.9 Å². The molecule has 0 bridgehead atoms. The van der Waals surface area contributed by atoms with Gasteiger partial charge in [-0.2, -0.15) is 0 Å². The maximum absolute atomic E-state index is 12.0. The van der Waals surface area contributed by atoms with Crippen LogP contribution in [0, 0.1) is 0 Å². The Hall–Kier alpha value is -2.11. The zero-order valence-electron chi connectivity index (χ0n) is 11.9. The van der Waals surface area contributed by atoms with Crippen molar-refractivity contribution in [1.29, 1.82) is 0 Å². The number of ether oxygens (including phenoxy) is 1. The minimum absolute atomic E-state index is 0.0487. The number of aromatic nitrogens is 1. The van der Waals surface area contributed by atoms with E-state index >= 15 is 0 Å². The van der Waals surface area contributed by atoms with E-state index in [0.717, 1.165) is 0 Å². The Bertz CT molecular complexity index is 510. The van der Waals surface area contributed by atoms with E-state index < -0.39 is 5.97 Å². The molecule has 0 aromatic carbocycles. The smallest absolute Gasteiger partial charge is 0.325 e. The average Bonchev–Trinajstić information content (AvgIpc) is 2.44. The fourth-order valence-electron chi connectivity index (χ4n) is 1.76. The largest absolute Gasteiger partial charge is 0.465 e. The summed E-state index contributed by atoms with van der Waals surface area (Å²) >= 11 is 0. The van der Waals surface area contributed by atoms with Crippen molar-refractivity contribution in [2.24, 2.45) is 0 Å². The molecule has 1 rings (SSSR count). The van der Waals surface area contributed by atoms with E-state index in [0.29, 0.717) is 19.7 Å². The molecule has 0 aliphatic carbocycles. The van der Waals surface area contributed by atoms with Gasteiger partial charge in [0.15, 0.2) is 0 Å². The van der Waals surface area contributed by atoms with Crippen molar-refractivity contribution in [2.75, 3.05) is 19.7 Å². The van der Waals surface area contributed by atoms with Crippen molar-refractivity contribution in [3.05, 3.63) is 34.7 Å². The van der Waals surface area contributed by atoms with E-state index in [9.17, 15) is 14.4 Å². The predicted molar refractivity (Wildman–Crippen MR) is 74.2 cm³/mol. The summed E-state index contributed by atoms with van der Waals surface area (Å²) in [5, 5.41) is 0. The Morgan fingerprint density at radius 1 is 1.30 bits per heavy atom. The second-order valence-electron chi connectivity index (χ2n) is 4.20. The lowest BCUT2D eigenvalue weighted by Crippen LogP contribution is -2.37. The summed E-state index contributed by atoms with van der Waals surface area (Å²) in [5.74, 6) is -0.587. The van der Waals surface area contributed by atoms with Crippen LogP contribution in [-0.2, 0) is 20.9 Å². The monoisotopic (exact) mass is 280 g/mol. The molecule has 0 N–H and O–H groups in total. The maximum Gasteiger partial charge on any atom is 0.325 e. The number of esters is 1. The summed E-state index contributed by atoms with van der Waals surface area (Å²) in [6.07, 6.45) is 1.81. The SMILES string of the molecule is CCOC(=O)CN(CC)C(=O)CCn1ccccc1=O. The average molecular weight is 280 g/mol. The first-order valence-electron chi connectivity index (χ1n) is 6.67. The van der Waals surface area contributed by atoms with Crippen LogP contribution < -0.4 is 5.56 Å². The third-order valence-electron chi connectivity index (χ3n) is 2.83. The quantitative estimate of drug-likeness (QED) is 0.688. The van der Waals surface area contributed by atoms with Crippen LogP contribution >= 0.6 is 0 Å². The Morgan fingerprint density at radius 2 is 2.05 bits per heavy atom. The topological polar surface area (TPSA) is 68.6 Å². The van der Waals surface area contributed by atoms with Gasteiger partial charge < -0.3 is 14.2 Å². The van der Waals surface area contributed by atoms with Gasteiger partial charge in [0.2, 0.25) is 5.91 Å². The van der Waals surface area contributed by atoms with Crippen LogP contribution in [0.2, 0.25) is 0 Å². The van der Waals surface area contributed by atoms with Gasteiger partial charge in [0.05, 0.1) is 6.61 Å². The number of hydrogen-bond donors (Lipinski definition) is 0. The molecule has 1 heterocycles. The normalized spacial score (nSPS) is 10.1. The van der Waals surface area contributed by atoms with Crippen LogP contribution in [0.25, 0.3) is 0 Å². The fourth-order valence-corrected chi connectivity index (χ4v) is 1.76. The number of carbonyl (C=O) groups excluding carboxylic acids is 2. The second kappa shape index (κ2) is 8.14. The van der Waals surface area contributed by atoms with E-state index in [1.807, 2.05) is 0 Å². The first-order chi connectivity index (χ1) is 9.58. The van der Waals surface area contributed by atoms with Crippen LogP contribution in [0.3, 0.4) is 0 Å². The highest BCUT2D eigenvalue weighted by molar-refractivity contribution is 5.82. The lowest BCUT2D eigenvalue weighted by Gasteiger charge is -2.19. The van der Waals surface area contributed by atoms with Gasteiger partial charge in [0.1, 0.15) is 6.54 Å². The van der Waals surface area contributed by atoms with Gasteiger partial charge in [-0.15, -0.1) is 0 Å². The van der Waals surface area contributed by atoms with Crippen molar-refractivity contribution in [3.63, 3.8) is 0 Å². The molecular weight excluding hydrogens is 260 g/mol. The van der Waals surface area contributed by atoms with Crippen molar-refractivity contribution in [3.8, 4) is 0 Å². The van der Waals surface area contributed by atoms with Crippen LogP contribution in [0.15, 0.2) is 29.2 Å². The highest BCUT2D eigenvalue weighted by atomic mass is 16.5. The number of hydrogen-bond acceptors (Lipinski definition) is 4. The van der Waals surface area contributed by atoms with Gasteiger partial charge in [0, 0.05) is 31.8 Å². The van der Waals surface area contributed by atoms with Gasteiger partial charge in [-0.1, -0.05) is 6.07 Å². The lowest BCUT2D eigenvalue weighted by atomic mass is 10.3. The minimum Gasteiger partial charge on any atom is -0.465 e. The summed E-state index contributed by atoms with van der Waals surface area (Å²) in [7, 11) is 0. The molecule has 0 aliphatic rings. The summed E-state index contributed by atoms with van der Waals surface area (Å²) in [4.78, 5) is 36.3. The van der Waals surface area contributed by atoms with E-state index in [-0.39, 0.29) is 24.4 Å². The predicted octanol–water partition coefficient (Wildman–Crippen LogP) is 0.650. The first-order valence-corrected chi connectivity index (χ1v) is 6.67. The lowest BCUT2D eigenvalue weighted by molar-refractivity contribution is -0.148. The first kappa shape index (κ1) is 15.9. The van der Waals surface area contributed by atoms with Crippen molar-refractivity contribution in [2.45, 2.75) is 26.8 Å². The number of amides is 1. The second-order valence-corrected chi connectivity index (χ2v) is 4.20. The summed E-state index contributed by atoms with van der Waals surface area (Å²) in [6.45, 7) is 4.50. The Balaban J connectivity index is 2.53. The molecule has 1 aromatic heterocycles. The highest BCUT2D eigenvalue weighted by Gasteiger charge is 2.16. The van der Waals surface area contributed by atoms with Gasteiger partial charge >= 0.3 is 5.97 Å². The number of pyridine rings is 1. The van der Waals surface area contributed by atoms with Gasteiger partial charge in [0.25, 0.3) is 5.56 Å². The Kier molecular flexibility index (Phi) is 6.49. The summed E-state index contributed by atoms with van der Waals surface area (Å²) in [6, 6.07) is 4.84. The van der Waals surface area contributed by atoms with E-state index in [1.165, 1.54) is 15.5 Å². The zero-order chi connectivity index (χ0) is 15.0. The van der Waals surface area contributed by atoms with Crippen LogP contribution in [-0.4, -0.2) is 41.0 Å². The van der Waals surface area contributed by atoms with E-state index in [1.54, 1.807) is 32.2 Å². The molecule has 0 unspecified atom stereocenters. The fraction of sp³-hybridized carbons (Fsp3) is 0.500.